The smallest absolute Gasteiger partial charge is 0.272 e. The van der Waals surface area contributed by atoms with Gasteiger partial charge >= 0.3 is 0 Å². The van der Waals surface area contributed by atoms with Crippen molar-refractivity contribution in [3.63, 3.8) is 0 Å². The summed E-state index contributed by atoms with van der Waals surface area (Å²) in [6, 6.07) is 11.6. The second kappa shape index (κ2) is 6.56. The van der Waals surface area contributed by atoms with Crippen LogP contribution in [0.2, 0.25) is 0 Å². The van der Waals surface area contributed by atoms with Crippen LogP contribution in [-0.2, 0) is 6.42 Å². The van der Waals surface area contributed by atoms with Crippen LogP contribution in [-0.4, -0.2) is 21.6 Å². The number of aromatic nitrogens is 2. The van der Waals surface area contributed by atoms with E-state index in [1.54, 1.807) is 12.1 Å². The molecule has 2 aromatic rings. The molecule has 0 unspecified atom stereocenters. The molecule has 22 heavy (non-hydrogen) atoms. The normalized spacial score (nSPS) is 11.1. The number of hydrogen-bond acceptors (Lipinski definition) is 4. The molecule has 0 saturated carbocycles. The highest BCUT2D eigenvalue weighted by molar-refractivity contribution is 5.92. The maximum atomic E-state index is 12.0. The molecule has 0 aliphatic carbocycles. The largest absolute Gasteiger partial charge is 0.346 e. The maximum Gasteiger partial charge on any atom is 0.272 e. The van der Waals surface area contributed by atoms with Gasteiger partial charge < -0.3 is 10.6 Å². The summed E-state index contributed by atoms with van der Waals surface area (Å²) in [7, 11) is 0. The number of aryl methyl sites for hydroxylation is 1. The van der Waals surface area contributed by atoms with Gasteiger partial charge in [0, 0.05) is 11.2 Å². The molecule has 0 aliphatic heterocycles. The molecule has 0 spiro atoms. The lowest BCUT2D eigenvalue weighted by Crippen LogP contribution is -2.41. The van der Waals surface area contributed by atoms with Crippen molar-refractivity contribution in [1.29, 1.82) is 0 Å². The van der Waals surface area contributed by atoms with E-state index in [-0.39, 0.29) is 11.4 Å². The first-order valence-electron chi connectivity index (χ1n) is 7.39. The fraction of sp³-hybridized carbons (Fsp3) is 0.353. The third kappa shape index (κ3) is 4.55. The number of carbonyl (C=O) groups excluding carboxylic acids is 1. The minimum atomic E-state index is -0.295. The fourth-order valence-electron chi connectivity index (χ4n) is 1.90. The van der Waals surface area contributed by atoms with Gasteiger partial charge in [0.25, 0.3) is 5.91 Å². The first-order valence-corrected chi connectivity index (χ1v) is 7.39. The van der Waals surface area contributed by atoms with E-state index in [4.69, 9.17) is 0 Å². The van der Waals surface area contributed by atoms with Crippen LogP contribution in [0.25, 0.3) is 0 Å². The van der Waals surface area contributed by atoms with Gasteiger partial charge in [0.2, 0.25) is 0 Å². The molecule has 2 rings (SSSR count). The third-order valence-electron chi connectivity index (χ3n) is 3.02. The number of amides is 1. The van der Waals surface area contributed by atoms with Crippen molar-refractivity contribution in [2.75, 3.05) is 5.32 Å². The van der Waals surface area contributed by atoms with Crippen molar-refractivity contribution in [3.8, 4) is 0 Å². The van der Waals surface area contributed by atoms with E-state index in [0.717, 1.165) is 12.1 Å². The van der Waals surface area contributed by atoms with E-state index in [0.29, 0.717) is 11.5 Å². The predicted molar refractivity (Wildman–Crippen MR) is 88.4 cm³/mol. The molecule has 1 aromatic carbocycles. The van der Waals surface area contributed by atoms with Crippen molar-refractivity contribution < 1.29 is 4.79 Å². The SMILES string of the molecule is CCc1ccc(Nc2ccc(C(=O)NC(C)(C)C)nn2)cc1. The monoisotopic (exact) mass is 298 g/mol. The van der Waals surface area contributed by atoms with Gasteiger partial charge in [-0.3, -0.25) is 4.79 Å². The van der Waals surface area contributed by atoms with E-state index in [2.05, 4.69) is 39.9 Å². The van der Waals surface area contributed by atoms with Crippen molar-refractivity contribution >= 4 is 17.4 Å². The van der Waals surface area contributed by atoms with Crippen molar-refractivity contribution in [2.45, 2.75) is 39.7 Å². The highest BCUT2D eigenvalue weighted by Crippen LogP contribution is 2.15. The van der Waals surface area contributed by atoms with Crippen LogP contribution >= 0.6 is 0 Å². The van der Waals surface area contributed by atoms with Crippen molar-refractivity contribution in [2.24, 2.45) is 0 Å². The summed E-state index contributed by atoms with van der Waals surface area (Å²) in [4.78, 5) is 12.0. The van der Waals surface area contributed by atoms with E-state index in [9.17, 15) is 4.79 Å². The third-order valence-corrected chi connectivity index (χ3v) is 3.02. The molecule has 1 heterocycles. The van der Waals surface area contributed by atoms with Crippen LogP contribution in [0.1, 0.15) is 43.7 Å². The Kier molecular flexibility index (Phi) is 4.75. The van der Waals surface area contributed by atoms with Crippen LogP contribution in [0.4, 0.5) is 11.5 Å². The molecule has 116 valence electrons. The molecule has 5 heteroatoms. The molecule has 0 saturated heterocycles. The Labute approximate surface area is 131 Å². The average molecular weight is 298 g/mol. The molecule has 0 fully saturated rings. The summed E-state index contributed by atoms with van der Waals surface area (Å²) in [5.74, 6) is 0.385. The molecular formula is C17H22N4O. The lowest BCUT2D eigenvalue weighted by Gasteiger charge is -2.19. The van der Waals surface area contributed by atoms with Crippen molar-refractivity contribution in [1.82, 2.24) is 15.5 Å². The molecule has 0 aliphatic rings. The summed E-state index contributed by atoms with van der Waals surface area (Å²) in [5.41, 5.74) is 2.24. The summed E-state index contributed by atoms with van der Waals surface area (Å²) >= 11 is 0. The summed E-state index contributed by atoms with van der Waals surface area (Å²) in [5, 5.41) is 14.0. The molecule has 1 amide bonds. The van der Waals surface area contributed by atoms with Gasteiger partial charge in [-0.25, -0.2) is 0 Å². The zero-order chi connectivity index (χ0) is 16.2. The molecule has 1 aromatic heterocycles. The first kappa shape index (κ1) is 15.9. The topological polar surface area (TPSA) is 66.9 Å². The highest BCUT2D eigenvalue weighted by Gasteiger charge is 2.16. The number of benzene rings is 1. The van der Waals surface area contributed by atoms with E-state index in [1.807, 2.05) is 32.9 Å². The second-order valence-electron chi connectivity index (χ2n) is 6.18. The van der Waals surface area contributed by atoms with Crippen LogP contribution in [0.3, 0.4) is 0 Å². The van der Waals surface area contributed by atoms with Crippen LogP contribution < -0.4 is 10.6 Å². The van der Waals surface area contributed by atoms with Crippen LogP contribution in [0, 0.1) is 0 Å². The summed E-state index contributed by atoms with van der Waals surface area (Å²) in [6.45, 7) is 7.89. The van der Waals surface area contributed by atoms with Crippen molar-refractivity contribution in [3.05, 3.63) is 47.7 Å². The molecule has 2 N–H and O–H groups in total. The Morgan fingerprint density at radius 3 is 2.23 bits per heavy atom. The van der Waals surface area contributed by atoms with Gasteiger partial charge in [-0.05, 0) is 57.0 Å². The number of rotatable bonds is 4. The number of hydrogen-bond donors (Lipinski definition) is 2. The Bertz CT molecular complexity index is 627. The molecule has 0 bridgehead atoms. The van der Waals surface area contributed by atoms with Gasteiger partial charge in [-0.2, -0.15) is 0 Å². The zero-order valence-corrected chi connectivity index (χ0v) is 13.5. The van der Waals surface area contributed by atoms with E-state index in [1.165, 1.54) is 5.56 Å². The van der Waals surface area contributed by atoms with Gasteiger partial charge in [0.15, 0.2) is 11.5 Å². The van der Waals surface area contributed by atoms with Crippen LogP contribution in [0.15, 0.2) is 36.4 Å². The molecule has 0 radical (unpaired) electrons. The lowest BCUT2D eigenvalue weighted by molar-refractivity contribution is 0.0913. The maximum absolute atomic E-state index is 12.0. The Balaban J connectivity index is 2.03. The van der Waals surface area contributed by atoms with Crippen LogP contribution in [0.5, 0.6) is 0 Å². The molecule has 5 nitrogen and oxygen atoms in total. The van der Waals surface area contributed by atoms with E-state index < -0.39 is 0 Å². The number of carbonyl (C=O) groups is 1. The van der Waals surface area contributed by atoms with Gasteiger partial charge in [0.1, 0.15) is 0 Å². The fourth-order valence-corrected chi connectivity index (χ4v) is 1.90. The second-order valence-corrected chi connectivity index (χ2v) is 6.18. The van der Waals surface area contributed by atoms with E-state index >= 15 is 0 Å². The highest BCUT2D eigenvalue weighted by atomic mass is 16.2. The Morgan fingerprint density at radius 1 is 1.05 bits per heavy atom. The summed E-state index contributed by atoms with van der Waals surface area (Å²) in [6.07, 6.45) is 1.01. The minimum Gasteiger partial charge on any atom is -0.346 e. The standard InChI is InChI=1S/C17H22N4O/c1-5-12-6-8-13(9-7-12)18-15-11-10-14(20-21-15)16(22)19-17(2,3)4/h6-11H,5H2,1-4H3,(H,18,21)(H,19,22). The first-order chi connectivity index (χ1) is 10.4. The predicted octanol–water partition coefficient (Wildman–Crippen LogP) is 3.31. The zero-order valence-electron chi connectivity index (χ0n) is 13.5. The lowest BCUT2D eigenvalue weighted by atomic mass is 10.1. The molecule has 0 atom stereocenters. The minimum absolute atomic E-state index is 0.223. The van der Waals surface area contributed by atoms with Gasteiger partial charge in [0.05, 0.1) is 0 Å². The Morgan fingerprint density at radius 2 is 1.73 bits per heavy atom. The Hall–Kier alpha value is -2.43. The quantitative estimate of drug-likeness (QED) is 0.908. The summed E-state index contributed by atoms with van der Waals surface area (Å²) < 4.78 is 0. The average Bonchev–Trinajstić information content (AvgIpc) is 2.47. The van der Waals surface area contributed by atoms with Gasteiger partial charge in [-0.15, -0.1) is 10.2 Å². The molecular weight excluding hydrogens is 276 g/mol. The number of nitrogens with zero attached hydrogens (tertiary/aromatic N) is 2. The van der Waals surface area contributed by atoms with Gasteiger partial charge in [-0.1, -0.05) is 19.1 Å². The number of nitrogens with one attached hydrogen (secondary N) is 2. The number of anilines is 2.